The van der Waals surface area contributed by atoms with Crippen LogP contribution in [-0.4, -0.2) is 28.5 Å². The summed E-state index contributed by atoms with van der Waals surface area (Å²) in [6.07, 6.45) is 10.7. The number of guanidine groups is 1. The van der Waals surface area contributed by atoms with Crippen molar-refractivity contribution in [2.24, 2.45) is 10.7 Å². The average Bonchev–Trinajstić information content (AvgIpc) is 2.42. The second-order valence-corrected chi connectivity index (χ2v) is 5.15. The van der Waals surface area contributed by atoms with Crippen LogP contribution in [0.1, 0.15) is 43.5 Å². The molecule has 0 unspecified atom stereocenters. The van der Waals surface area contributed by atoms with Crippen LogP contribution in [0.25, 0.3) is 0 Å². The Labute approximate surface area is 114 Å². The molecule has 1 saturated carbocycles. The molecule has 0 atom stereocenters. The summed E-state index contributed by atoms with van der Waals surface area (Å²) in [7, 11) is 0. The van der Waals surface area contributed by atoms with E-state index in [-0.39, 0.29) is 0 Å². The van der Waals surface area contributed by atoms with Crippen LogP contribution in [0.2, 0.25) is 0 Å². The van der Waals surface area contributed by atoms with Crippen LogP contribution in [0, 0.1) is 6.92 Å². The van der Waals surface area contributed by atoms with Crippen molar-refractivity contribution in [3.63, 3.8) is 0 Å². The van der Waals surface area contributed by atoms with E-state index < -0.39 is 0 Å². The predicted octanol–water partition coefficient (Wildman–Crippen LogP) is 1.56. The molecule has 0 aliphatic heterocycles. The van der Waals surface area contributed by atoms with E-state index in [1.807, 2.05) is 6.92 Å². The summed E-state index contributed by atoms with van der Waals surface area (Å²) in [4.78, 5) is 12.9. The molecule has 1 fully saturated rings. The van der Waals surface area contributed by atoms with Gasteiger partial charge in [0.2, 0.25) is 0 Å². The molecule has 0 amide bonds. The molecule has 1 aliphatic rings. The van der Waals surface area contributed by atoms with Gasteiger partial charge in [-0.15, -0.1) is 0 Å². The first kappa shape index (κ1) is 13.8. The molecule has 19 heavy (non-hydrogen) atoms. The third-order valence-corrected chi connectivity index (χ3v) is 3.44. The topological polar surface area (TPSA) is 76.2 Å². The normalized spacial score (nSPS) is 17.4. The summed E-state index contributed by atoms with van der Waals surface area (Å²) in [5, 5.41) is 3.31. The maximum Gasteiger partial charge on any atom is 0.188 e. The Morgan fingerprint density at radius 2 is 2.11 bits per heavy atom. The first-order chi connectivity index (χ1) is 9.24. The third-order valence-electron chi connectivity index (χ3n) is 3.44. The molecule has 104 valence electrons. The molecule has 5 heteroatoms. The molecular formula is C14H23N5. The lowest BCUT2D eigenvalue weighted by atomic mass is 9.96. The van der Waals surface area contributed by atoms with Gasteiger partial charge in [-0.25, -0.2) is 0 Å². The highest BCUT2D eigenvalue weighted by Gasteiger charge is 2.13. The minimum atomic E-state index is 0.511. The van der Waals surface area contributed by atoms with Gasteiger partial charge in [-0.05, 0) is 19.8 Å². The Bertz CT molecular complexity index is 406. The van der Waals surface area contributed by atoms with E-state index in [0.717, 1.165) is 17.8 Å². The van der Waals surface area contributed by atoms with Crippen LogP contribution in [-0.2, 0) is 6.42 Å². The SMILES string of the molecule is Cc1cnc(CCN=C(N)NC2CCCCC2)cn1. The number of rotatable bonds is 4. The van der Waals surface area contributed by atoms with Crippen molar-refractivity contribution in [3.05, 3.63) is 23.8 Å². The van der Waals surface area contributed by atoms with E-state index in [2.05, 4.69) is 20.3 Å². The fourth-order valence-electron chi connectivity index (χ4n) is 2.34. The van der Waals surface area contributed by atoms with Crippen LogP contribution in [0.4, 0.5) is 0 Å². The van der Waals surface area contributed by atoms with Crippen molar-refractivity contribution in [3.8, 4) is 0 Å². The van der Waals surface area contributed by atoms with E-state index in [1.54, 1.807) is 12.4 Å². The van der Waals surface area contributed by atoms with Crippen molar-refractivity contribution in [2.75, 3.05) is 6.54 Å². The summed E-state index contributed by atoms with van der Waals surface area (Å²) in [5.41, 5.74) is 7.79. The lowest BCUT2D eigenvalue weighted by molar-refractivity contribution is 0.412. The van der Waals surface area contributed by atoms with E-state index in [4.69, 9.17) is 5.73 Å². The predicted molar refractivity (Wildman–Crippen MR) is 77.0 cm³/mol. The standard InChI is InChI=1S/C14H23N5/c1-11-9-18-13(10-17-11)7-8-16-14(15)19-12-5-3-2-4-6-12/h9-10,12H,2-8H2,1H3,(H3,15,16,19). The highest BCUT2D eigenvalue weighted by molar-refractivity contribution is 5.78. The number of aryl methyl sites for hydroxylation is 1. The number of nitrogens with zero attached hydrogens (tertiary/aromatic N) is 3. The maximum atomic E-state index is 5.90. The summed E-state index contributed by atoms with van der Waals surface area (Å²) in [6.45, 7) is 2.59. The van der Waals surface area contributed by atoms with E-state index in [1.165, 1.54) is 32.1 Å². The number of nitrogens with two attached hydrogens (primary N) is 1. The Hall–Kier alpha value is -1.65. The zero-order chi connectivity index (χ0) is 13.5. The van der Waals surface area contributed by atoms with Gasteiger partial charge in [-0.3, -0.25) is 15.0 Å². The Morgan fingerprint density at radius 1 is 1.32 bits per heavy atom. The summed E-state index contributed by atoms with van der Waals surface area (Å²) >= 11 is 0. The number of nitrogens with one attached hydrogen (secondary N) is 1. The molecule has 1 aromatic rings. The van der Waals surface area contributed by atoms with E-state index in [9.17, 15) is 0 Å². The van der Waals surface area contributed by atoms with Gasteiger partial charge in [0.05, 0.1) is 11.4 Å². The lowest BCUT2D eigenvalue weighted by Crippen LogP contribution is -2.41. The fraction of sp³-hybridized carbons (Fsp3) is 0.643. The molecule has 0 bridgehead atoms. The van der Waals surface area contributed by atoms with Crippen molar-refractivity contribution in [1.29, 1.82) is 0 Å². The van der Waals surface area contributed by atoms with Crippen LogP contribution in [0.5, 0.6) is 0 Å². The van der Waals surface area contributed by atoms with Gasteiger partial charge in [-0.2, -0.15) is 0 Å². The third kappa shape index (κ3) is 4.85. The Balaban J connectivity index is 1.73. The number of hydrogen-bond donors (Lipinski definition) is 2. The molecule has 0 spiro atoms. The van der Waals surface area contributed by atoms with Gasteiger partial charge in [0, 0.05) is 31.4 Å². The lowest BCUT2D eigenvalue weighted by Gasteiger charge is -2.23. The molecule has 0 radical (unpaired) electrons. The second-order valence-electron chi connectivity index (χ2n) is 5.15. The van der Waals surface area contributed by atoms with Crippen LogP contribution < -0.4 is 11.1 Å². The maximum absolute atomic E-state index is 5.90. The highest BCUT2D eigenvalue weighted by atomic mass is 15.1. The second kappa shape index (κ2) is 7.07. The van der Waals surface area contributed by atoms with Gasteiger partial charge < -0.3 is 11.1 Å². The van der Waals surface area contributed by atoms with E-state index in [0.29, 0.717) is 18.5 Å². The molecule has 3 N–H and O–H groups in total. The molecular weight excluding hydrogens is 238 g/mol. The van der Waals surface area contributed by atoms with Crippen molar-refractivity contribution in [1.82, 2.24) is 15.3 Å². The summed E-state index contributed by atoms with van der Waals surface area (Å²) in [5.74, 6) is 0.562. The zero-order valence-electron chi connectivity index (χ0n) is 11.6. The zero-order valence-corrected chi connectivity index (χ0v) is 11.6. The van der Waals surface area contributed by atoms with Gasteiger partial charge in [0.25, 0.3) is 0 Å². The molecule has 2 rings (SSSR count). The first-order valence-corrected chi connectivity index (χ1v) is 7.08. The summed E-state index contributed by atoms with van der Waals surface area (Å²) < 4.78 is 0. The van der Waals surface area contributed by atoms with Gasteiger partial charge in [0.15, 0.2) is 5.96 Å². The fourth-order valence-corrected chi connectivity index (χ4v) is 2.34. The summed E-state index contributed by atoms with van der Waals surface area (Å²) in [6, 6.07) is 0.511. The molecule has 0 saturated heterocycles. The molecule has 1 aliphatic carbocycles. The number of hydrogen-bond acceptors (Lipinski definition) is 3. The van der Waals surface area contributed by atoms with Crippen molar-refractivity contribution >= 4 is 5.96 Å². The van der Waals surface area contributed by atoms with Gasteiger partial charge >= 0.3 is 0 Å². The largest absolute Gasteiger partial charge is 0.370 e. The average molecular weight is 261 g/mol. The Morgan fingerprint density at radius 3 is 2.79 bits per heavy atom. The molecule has 5 nitrogen and oxygen atoms in total. The van der Waals surface area contributed by atoms with Crippen molar-refractivity contribution < 1.29 is 0 Å². The number of aromatic nitrogens is 2. The van der Waals surface area contributed by atoms with E-state index >= 15 is 0 Å². The molecule has 1 heterocycles. The van der Waals surface area contributed by atoms with Gasteiger partial charge in [0.1, 0.15) is 0 Å². The van der Waals surface area contributed by atoms with Crippen molar-refractivity contribution in [2.45, 2.75) is 51.5 Å². The van der Waals surface area contributed by atoms with Gasteiger partial charge in [-0.1, -0.05) is 19.3 Å². The smallest absolute Gasteiger partial charge is 0.188 e. The monoisotopic (exact) mass is 261 g/mol. The van der Waals surface area contributed by atoms with Crippen LogP contribution in [0.3, 0.4) is 0 Å². The first-order valence-electron chi connectivity index (χ1n) is 7.08. The Kier molecular flexibility index (Phi) is 5.12. The molecule has 0 aromatic carbocycles. The van der Waals surface area contributed by atoms with Crippen LogP contribution in [0.15, 0.2) is 17.4 Å². The quantitative estimate of drug-likeness (QED) is 0.637. The molecule has 1 aromatic heterocycles. The number of aliphatic imine (C=N–C) groups is 1. The van der Waals surface area contributed by atoms with Crippen LogP contribution >= 0.6 is 0 Å². The highest BCUT2D eigenvalue weighted by Crippen LogP contribution is 2.16. The minimum Gasteiger partial charge on any atom is -0.370 e. The minimum absolute atomic E-state index is 0.511.